The summed E-state index contributed by atoms with van der Waals surface area (Å²) in [6.07, 6.45) is 0. The Bertz CT molecular complexity index is 608. The Morgan fingerprint density at radius 1 is 1.25 bits per heavy atom. The van der Waals surface area contributed by atoms with Crippen LogP contribution in [-0.2, 0) is 0 Å². The standard InChI is InChI=1S/C16H15BrN2O/c1-20-16-9-14(7-8-15(16)17)19-11-13(10-18)12-5-3-2-4-6-12/h2-9,13,19H,11H2,1H3. The SMILES string of the molecule is COc1cc(NCC(C#N)c2ccccc2)ccc1Br. The molecule has 2 rings (SSSR count). The van der Waals surface area contributed by atoms with Crippen molar-refractivity contribution in [2.75, 3.05) is 19.0 Å². The van der Waals surface area contributed by atoms with Gasteiger partial charge in [-0.05, 0) is 33.6 Å². The van der Waals surface area contributed by atoms with Crippen molar-refractivity contribution in [2.45, 2.75) is 5.92 Å². The van der Waals surface area contributed by atoms with Crippen molar-refractivity contribution < 1.29 is 4.74 Å². The highest BCUT2D eigenvalue weighted by Gasteiger charge is 2.10. The van der Waals surface area contributed by atoms with Crippen molar-refractivity contribution in [2.24, 2.45) is 0 Å². The second-order valence-electron chi connectivity index (χ2n) is 4.32. The minimum atomic E-state index is -0.175. The number of nitrogens with zero attached hydrogens (tertiary/aromatic N) is 1. The summed E-state index contributed by atoms with van der Waals surface area (Å²) in [6.45, 7) is 0.561. The molecule has 0 aliphatic rings. The van der Waals surface area contributed by atoms with Crippen molar-refractivity contribution in [3.05, 3.63) is 58.6 Å². The van der Waals surface area contributed by atoms with E-state index in [9.17, 15) is 5.26 Å². The van der Waals surface area contributed by atoms with Gasteiger partial charge < -0.3 is 10.1 Å². The quantitative estimate of drug-likeness (QED) is 0.894. The maximum absolute atomic E-state index is 9.28. The Morgan fingerprint density at radius 3 is 2.65 bits per heavy atom. The molecule has 0 amide bonds. The molecule has 1 atom stereocenters. The van der Waals surface area contributed by atoms with Gasteiger partial charge in [0, 0.05) is 18.3 Å². The smallest absolute Gasteiger partial charge is 0.135 e. The van der Waals surface area contributed by atoms with Crippen LogP contribution in [0.5, 0.6) is 5.75 Å². The van der Waals surface area contributed by atoms with Crippen LogP contribution in [0.1, 0.15) is 11.5 Å². The topological polar surface area (TPSA) is 45.0 Å². The molecule has 0 radical (unpaired) electrons. The van der Waals surface area contributed by atoms with Gasteiger partial charge in [-0.1, -0.05) is 30.3 Å². The fourth-order valence-electron chi connectivity index (χ4n) is 1.91. The van der Waals surface area contributed by atoms with E-state index < -0.39 is 0 Å². The van der Waals surface area contributed by atoms with Crippen LogP contribution in [0.4, 0.5) is 5.69 Å². The monoisotopic (exact) mass is 330 g/mol. The van der Waals surface area contributed by atoms with E-state index in [0.717, 1.165) is 21.5 Å². The number of nitriles is 1. The summed E-state index contributed by atoms with van der Waals surface area (Å²) in [7, 11) is 1.63. The van der Waals surface area contributed by atoms with Crippen molar-refractivity contribution in [1.29, 1.82) is 5.26 Å². The third-order valence-corrected chi connectivity index (χ3v) is 3.67. The summed E-state index contributed by atoms with van der Waals surface area (Å²) in [6, 6.07) is 17.9. The number of methoxy groups -OCH3 is 1. The van der Waals surface area contributed by atoms with Gasteiger partial charge in [0.1, 0.15) is 5.75 Å². The summed E-state index contributed by atoms with van der Waals surface area (Å²) < 4.78 is 6.16. The molecule has 3 nitrogen and oxygen atoms in total. The molecule has 0 aliphatic carbocycles. The minimum Gasteiger partial charge on any atom is -0.495 e. The zero-order valence-corrected chi connectivity index (χ0v) is 12.7. The largest absolute Gasteiger partial charge is 0.495 e. The highest BCUT2D eigenvalue weighted by atomic mass is 79.9. The lowest BCUT2D eigenvalue weighted by molar-refractivity contribution is 0.412. The predicted molar refractivity (Wildman–Crippen MR) is 84.0 cm³/mol. The molecular weight excluding hydrogens is 316 g/mol. The Morgan fingerprint density at radius 2 is 2.00 bits per heavy atom. The first-order valence-electron chi connectivity index (χ1n) is 6.26. The molecule has 0 aliphatic heterocycles. The molecule has 0 saturated carbocycles. The van der Waals surface area contributed by atoms with E-state index in [1.54, 1.807) is 7.11 Å². The highest BCUT2D eigenvalue weighted by Crippen LogP contribution is 2.28. The first-order valence-corrected chi connectivity index (χ1v) is 7.06. The second kappa shape index (κ2) is 6.97. The van der Waals surface area contributed by atoms with Crippen molar-refractivity contribution in [1.82, 2.24) is 0 Å². The van der Waals surface area contributed by atoms with Gasteiger partial charge in [-0.3, -0.25) is 0 Å². The molecule has 0 bridgehead atoms. The normalized spacial score (nSPS) is 11.4. The predicted octanol–water partition coefficient (Wildman–Crippen LogP) is 4.18. The van der Waals surface area contributed by atoms with Crippen LogP contribution < -0.4 is 10.1 Å². The summed E-state index contributed by atoms with van der Waals surface area (Å²) in [4.78, 5) is 0. The van der Waals surface area contributed by atoms with Gasteiger partial charge in [0.15, 0.2) is 0 Å². The minimum absolute atomic E-state index is 0.175. The zero-order valence-electron chi connectivity index (χ0n) is 11.1. The van der Waals surface area contributed by atoms with E-state index in [-0.39, 0.29) is 5.92 Å². The van der Waals surface area contributed by atoms with Gasteiger partial charge in [0.25, 0.3) is 0 Å². The Kier molecular flexibility index (Phi) is 5.03. The number of rotatable bonds is 5. The first-order chi connectivity index (χ1) is 9.74. The van der Waals surface area contributed by atoms with Gasteiger partial charge in [0.2, 0.25) is 0 Å². The zero-order chi connectivity index (χ0) is 14.4. The fraction of sp³-hybridized carbons (Fsp3) is 0.188. The third kappa shape index (κ3) is 3.52. The van der Waals surface area contributed by atoms with Crippen LogP contribution in [0, 0.1) is 11.3 Å². The number of halogens is 1. The maximum Gasteiger partial charge on any atom is 0.135 e. The van der Waals surface area contributed by atoms with E-state index in [1.807, 2.05) is 48.5 Å². The van der Waals surface area contributed by atoms with Crippen LogP contribution in [0.15, 0.2) is 53.0 Å². The van der Waals surface area contributed by atoms with E-state index in [0.29, 0.717) is 6.54 Å². The van der Waals surface area contributed by atoms with Gasteiger partial charge in [-0.25, -0.2) is 0 Å². The lowest BCUT2D eigenvalue weighted by atomic mass is 10.0. The van der Waals surface area contributed by atoms with E-state index >= 15 is 0 Å². The Balaban J connectivity index is 2.06. The van der Waals surface area contributed by atoms with Crippen LogP contribution in [-0.4, -0.2) is 13.7 Å². The first kappa shape index (κ1) is 14.4. The third-order valence-electron chi connectivity index (χ3n) is 3.02. The van der Waals surface area contributed by atoms with Crippen molar-refractivity contribution in [3.63, 3.8) is 0 Å². The molecule has 0 spiro atoms. The molecule has 1 N–H and O–H groups in total. The van der Waals surface area contributed by atoms with E-state index in [2.05, 4.69) is 27.3 Å². The van der Waals surface area contributed by atoms with Crippen LogP contribution in [0.25, 0.3) is 0 Å². The maximum atomic E-state index is 9.28. The van der Waals surface area contributed by atoms with E-state index in [4.69, 9.17) is 4.74 Å². The average Bonchev–Trinajstić information content (AvgIpc) is 2.50. The molecule has 0 aromatic heterocycles. The summed E-state index contributed by atoms with van der Waals surface area (Å²) in [5.41, 5.74) is 1.95. The molecule has 0 saturated heterocycles. The second-order valence-corrected chi connectivity index (χ2v) is 5.18. The molecular formula is C16H15BrN2O. The molecule has 4 heteroatoms. The van der Waals surface area contributed by atoms with Crippen LogP contribution >= 0.6 is 15.9 Å². The summed E-state index contributed by atoms with van der Waals surface area (Å²) in [5.74, 6) is 0.592. The fourth-order valence-corrected chi connectivity index (χ4v) is 2.32. The molecule has 2 aromatic rings. The summed E-state index contributed by atoms with van der Waals surface area (Å²) >= 11 is 3.42. The van der Waals surface area contributed by atoms with Crippen LogP contribution in [0.3, 0.4) is 0 Å². The molecule has 2 aromatic carbocycles. The lowest BCUT2D eigenvalue weighted by Crippen LogP contribution is -2.11. The number of nitrogens with one attached hydrogen (secondary N) is 1. The lowest BCUT2D eigenvalue weighted by Gasteiger charge is -2.13. The van der Waals surface area contributed by atoms with Crippen molar-refractivity contribution in [3.8, 4) is 11.8 Å². The molecule has 1 unspecified atom stereocenters. The Labute approximate surface area is 127 Å². The number of hydrogen-bond donors (Lipinski definition) is 1. The van der Waals surface area contributed by atoms with Gasteiger partial charge in [-0.2, -0.15) is 5.26 Å². The van der Waals surface area contributed by atoms with Gasteiger partial charge >= 0.3 is 0 Å². The number of benzene rings is 2. The molecule has 0 heterocycles. The van der Waals surface area contributed by atoms with E-state index in [1.165, 1.54) is 0 Å². The molecule has 20 heavy (non-hydrogen) atoms. The highest BCUT2D eigenvalue weighted by molar-refractivity contribution is 9.10. The van der Waals surface area contributed by atoms with Crippen molar-refractivity contribution >= 4 is 21.6 Å². The summed E-state index contributed by atoms with van der Waals surface area (Å²) in [5, 5.41) is 12.6. The number of anilines is 1. The number of hydrogen-bond acceptors (Lipinski definition) is 3. The Hall–Kier alpha value is -1.99. The molecule has 0 fully saturated rings. The van der Waals surface area contributed by atoms with Gasteiger partial charge in [0.05, 0.1) is 23.6 Å². The van der Waals surface area contributed by atoms with Crippen LogP contribution in [0.2, 0.25) is 0 Å². The number of ether oxygens (including phenoxy) is 1. The molecule has 102 valence electrons. The average molecular weight is 331 g/mol. The van der Waals surface area contributed by atoms with Gasteiger partial charge in [-0.15, -0.1) is 0 Å².